The van der Waals surface area contributed by atoms with Crippen molar-refractivity contribution in [2.45, 2.75) is 45.6 Å². The Morgan fingerprint density at radius 2 is 1.90 bits per heavy atom. The maximum atomic E-state index is 4.07. The predicted molar refractivity (Wildman–Crippen MR) is 88.2 cm³/mol. The molecule has 112 valence electrons. The van der Waals surface area contributed by atoms with E-state index in [1.54, 1.807) is 6.33 Å². The summed E-state index contributed by atoms with van der Waals surface area (Å²) in [6, 6.07) is 9.30. The minimum Gasteiger partial charge on any atom is -0.382 e. The van der Waals surface area contributed by atoms with Crippen LogP contribution in [0.25, 0.3) is 11.3 Å². The molecule has 2 unspecified atom stereocenters. The summed E-state index contributed by atoms with van der Waals surface area (Å²) in [6.07, 6.45) is 8.98. The molecule has 0 radical (unpaired) electrons. The summed E-state index contributed by atoms with van der Waals surface area (Å²) >= 11 is 0. The SMILES string of the molecule is CC(C)C1CCCCC1Nc1ccc(-c2cnc[nH]2)cc1. The molecular weight excluding hydrogens is 258 g/mol. The number of H-pyrrole nitrogens is 1. The van der Waals surface area contributed by atoms with Crippen molar-refractivity contribution in [3.63, 3.8) is 0 Å². The summed E-state index contributed by atoms with van der Waals surface area (Å²) in [5.74, 6) is 1.55. The van der Waals surface area contributed by atoms with E-state index in [9.17, 15) is 0 Å². The monoisotopic (exact) mass is 283 g/mol. The van der Waals surface area contributed by atoms with E-state index in [4.69, 9.17) is 0 Å². The quantitative estimate of drug-likeness (QED) is 0.853. The molecule has 2 atom stereocenters. The van der Waals surface area contributed by atoms with Gasteiger partial charge in [0, 0.05) is 11.7 Å². The lowest BCUT2D eigenvalue weighted by Gasteiger charge is -2.35. The Hall–Kier alpha value is -1.77. The predicted octanol–water partition coefficient (Wildman–Crippen LogP) is 4.70. The zero-order chi connectivity index (χ0) is 14.7. The van der Waals surface area contributed by atoms with Gasteiger partial charge in [0.05, 0.1) is 18.2 Å². The van der Waals surface area contributed by atoms with Gasteiger partial charge in [-0.3, -0.25) is 0 Å². The van der Waals surface area contributed by atoms with Gasteiger partial charge in [-0.15, -0.1) is 0 Å². The van der Waals surface area contributed by atoms with Gasteiger partial charge in [0.1, 0.15) is 0 Å². The van der Waals surface area contributed by atoms with Crippen LogP contribution in [0.2, 0.25) is 0 Å². The Kier molecular flexibility index (Phi) is 4.28. The number of anilines is 1. The van der Waals surface area contributed by atoms with Crippen molar-refractivity contribution >= 4 is 5.69 Å². The summed E-state index contributed by atoms with van der Waals surface area (Å²) in [4.78, 5) is 7.22. The molecule has 0 spiro atoms. The zero-order valence-electron chi connectivity index (χ0n) is 13.0. The summed E-state index contributed by atoms with van der Waals surface area (Å²) in [5.41, 5.74) is 3.48. The number of rotatable bonds is 4. The number of aromatic nitrogens is 2. The van der Waals surface area contributed by atoms with E-state index in [0.717, 1.165) is 17.5 Å². The molecule has 21 heavy (non-hydrogen) atoms. The Labute approximate surface area is 127 Å². The highest BCUT2D eigenvalue weighted by Gasteiger charge is 2.27. The van der Waals surface area contributed by atoms with Crippen molar-refractivity contribution in [1.82, 2.24) is 9.97 Å². The zero-order valence-corrected chi connectivity index (χ0v) is 13.0. The van der Waals surface area contributed by atoms with Crippen molar-refractivity contribution < 1.29 is 0 Å². The third kappa shape index (κ3) is 3.29. The molecule has 0 amide bonds. The number of aromatic amines is 1. The number of nitrogens with one attached hydrogen (secondary N) is 2. The number of nitrogens with zero attached hydrogens (tertiary/aromatic N) is 1. The van der Waals surface area contributed by atoms with Crippen molar-refractivity contribution in [1.29, 1.82) is 0 Å². The van der Waals surface area contributed by atoms with E-state index in [0.29, 0.717) is 6.04 Å². The molecule has 3 heteroatoms. The molecule has 1 aromatic carbocycles. The molecule has 1 heterocycles. The highest BCUT2D eigenvalue weighted by Crippen LogP contribution is 2.32. The van der Waals surface area contributed by atoms with Crippen molar-refractivity contribution in [2.75, 3.05) is 5.32 Å². The summed E-state index contributed by atoms with van der Waals surface area (Å²) in [7, 11) is 0. The van der Waals surface area contributed by atoms with Crippen molar-refractivity contribution in [3.05, 3.63) is 36.8 Å². The van der Waals surface area contributed by atoms with Crippen LogP contribution in [-0.2, 0) is 0 Å². The molecule has 1 aliphatic carbocycles. The lowest BCUT2D eigenvalue weighted by Crippen LogP contribution is -2.35. The molecule has 0 saturated heterocycles. The van der Waals surface area contributed by atoms with Crippen LogP contribution in [0, 0.1) is 11.8 Å². The molecule has 1 fully saturated rings. The second-order valence-electron chi connectivity index (χ2n) is 6.49. The van der Waals surface area contributed by atoms with E-state index in [1.807, 2.05) is 6.20 Å². The van der Waals surface area contributed by atoms with Gasteiger partial charge in [-0.25, -0.2) is 4.98 Å². The number of hydrogen-bond acceptors (Lipinski definition) is 2. The third-order valence-corrected chi connectivity index (χ3v) is 4.72. The maximum absolute atomic E-state index is 4.07. The van der Waals surface area contributed by atoms with Crippen LogP contribution in [0.5, 0.6) is 0 Å². The second kappa shape index (κ2) is 6.33. The molecule has 1 aromatic heterocycles. The van der Waals surface area contributed by atoms with Crippen molar-refractivity contribution in [3.8, 4) is 11.3 Å². The molecule has 0 bridgehead atoms. The van der Waals surface area contributed by atoms with Crippen LogP contribution in [-0.4, -0.2) is 16.0 Å². The van der Waals surface area contributed by atoms with Gasteiger partial charge in [0.15, 0.2) is 0 Å². The van der Waals surface area contributed by atoms with Crippen LogP contribution in [0.4, 0.5) is 5.69 Å². The largest absolute Gasteiger partial charge is 0.382 e. The molecule has 1 aliphatic rings. The first-order valence-corrected chi connectivity index (χ1v) is 8.09. The van der Waals surface area contributed by atoms with Gasteiger partial charge >= 0.3 is 0 Å². The molecule has 3 nitrogen and oxygen atoms in total. The fourth-order valence-corrected chi connectivity index (χ4v) is 3.51. The van der Waals surface area contributed by atoms with Crippen LogP contribution in [0.15, 0.2) is 36.8 Å². The fourth-order valence-electron chi connectivity index (χ4n) is 3.51. The highest BCUT2D eigenvalue weighted by molar-refractivity contribution is 5.62. The Bertz CT molecular complexity index is 542. The maximum Gasteiger partial charge on any atom is 0.0924 e. The fraction of sp³-hybridized carbons (Fsp3) is 0.500. The van der Waals surface area contributed by atoms with Gasteiger partial charge in [-0.2, -0.15) is 0 Å². The summed E-state index contributed by atoms with van der Waals surface area (Å²) in [5, 5.41) is 3.76. The van der Waals surface area contributed by atoms with Gasteiger partial charge in [0.2, 0.25) is 0 Å². The average Bonchev–Trinajstić information content (AvgIpc) is 3.03. The molecule has 2 N–H and O–H groups in total. The first kappa shape index (κ1) is 14.2. The number of benzene rings is 1. The summed E-state index contributed by atoms with van der Waals surface area (Å²) < 4.78 is 0. The first-order chi connectivity index (χ1) is 10.2. The molecule has 1 saturated carbocycles. The normalized spacial score (nSPS) is 22.4. The number of hydrogen-bond donors (Lipinski definition) is 2. The standard InChI is InChI=1S/C18H25N3/c1-13(2)16-5-3-4-6-17(16)21-15-9-7-14(8-10-15)18-11-19-12-20-18/h7-13,16-17,21H,3-6H2,1-2H3,(H,19,20). The van der Waals surface area contributed by atoms with Crippen LogP contribution in [0.1, 0.15) is 39.5 Å². The molecule has 3 rings (SSSR count). The van der Waals surface area contributed by atoms with Crippen molar-refractivity contribution in [2.24, 2.45) is 11.8 Å². The van der Waals surface area contributed by atoms with Crippen LogP contribution >= 0.6 is 0 Å². The average molecular weight is 283 g/mol. The number of imidazole rings is 1. The molecule has 0 aliphatic heterocycles. The highest BCUT2D eigenvalue weighted by atomic mass is 14.9. The Balaban J connectivity index is 1.69. The van der Waals surface area contributed by atoms with E-state index < -0.39 is 0 Å². The lowest BCUT2D eigenvalue weighted by atomic mass is 9.78. The third-order valence-electron chi connectivity index (χ3n) is 4.72. The minimum absolute atomic E-state index is 0.622. The van der Waals surface area contributed by atoms with E-state index in [1.165, 1.54) is 36.9 Å². The van der Waals surface area contributed by atoms with Crippen LogP contribution in [0.3, 0.4) is 0 Å². The lowest BCUT2D eigenvalue weighted by molar-refractivity contribution is 0.254. The van der Waals surface area contributed by atoms with Gasteiger partial charge in [0.25, 0.3) is 0 Å². The van der Waals surface area contributed by atoms with Gasteiger partial charge in [-0.1, -0.05) is 38.8 Å². The smallest absolute Gasteiger partial charge is 0.0924 e. The molecule has 2 aromatic rings. The van der Waals surface area contributed by atoms with E-state index in [-0.39, 0.29) is 0 Å². The molecular formula is C18H25N3. The van der Waals surface area contributed by atoms with Crippen LogP contribution < -0.4 is 5.32 Å². The van der Waals surface area contributed by atoms with E-state index in [2.05, 4.69) is 53.4 Å². The Morgan fingerprint density at radius 3 is 2.57 bits per heavy atom. The minimum atomic E-state index is 0.622. The van der Waals surface area contributed by atoms with Gasteiger partial charge in [-0.05, 0) is 42.4 Å². The second-order valence-corrected chi connectivity index (χ2v) is 6.49. The topological polar surface area (TPSA) is 40.7 Å². The first-order valence-electron chi connectivity index (χ1n) is 8.09. The Morgan fingerprint density at radius 1 is 1.14 bits per heavy atom. The van der Waals surface area contributed by atoms with E-state index >= 15 is 0 Å². The summed E-state index contributed by atoms with van der Waals surface area (Å²) in [6.45, 7) is 4.71. The van der Waals surface area contributed by atoms with Gasteiger partial charge < -0.3 is 10.3 Å².